The Bertz CT molecular complexity index is 1400. The van der Waals surface area contributed by atoms with Gasteiger partial charge in [-0.05, 0) is 41.0 Å². The maximum Gasteiger partial charge on any atom is 0.319 e. The highest BCUT2D eigenvalue weighted by Gasteiger charge is 2.32. The normalized spacial score (nSPS) is 18.4. The van der Waals surface area contributed by atoms with Crippen LogP contribution >= 0.6 is 11.8 Å². The first-order chi connectivity index (χ1) is 20.1. The summed E-state index contributed by atoms with van der Waals surface area (Å²) in [6, 6.07) is 32.8. The van der Waals surface area contributed by atoms with E-state index in [1.807, 2.05) is 103 Å². The van der Waals surface area contributed by atoms with Crippen LogP contribution in [0.1, 0.15) is 41.1 Å². The van der Waals surface area contributed by atoms with Gasteiger partial charge in [0.05, 0.1) is 25.9 Å². The first-order valence-electron chi connectivity index (χ1n) is 13.6. The number of carbonyl (C=O) groups is 1. The van der Waals surface area contributed by atoms with Gasteiger partial charge in [-0.3, -0.25) is 0 Å². The first kappa shape index (κ1) is 28.7. The summed E-state index contributed by atoms with van der Waals surface area (Å²) in [5.74, 6) is 1.57. The van der Waals surface area contributed by atoms with Crippen molar-refractivity contribution in [2.24, 2.45) is 0 Å². The monoisotopic (exact) mass is 570 g/mol. The summed E-state index contributed by atoms with van der Waals surface area (Å²) >= 11 is 1.70. The number of aliphatic hydroxyl groups excluding tert-OH is 1. The van der Waals surface area contributed by atoms with Gasteiger partial charge in [0.15, 0.2) is 6.29 Å². The Kier molecular flexibility index (Phi) is 9.93. The summed E-state index contributed by atoms with van der Waals surface area (Å²) in [5, 5.41) is 15.2. The number of hydrogen-bond acceptors (Lipinski definition) is 6. The molecule has 0 aliphatic carbocycles. The molecule has 41 heavy (non-hydrogen) atoms. The number of nitrogens with one attached hydrogen (secondary N) is 2. The summed E-state index contributed by atoms with van der Waals surface area (Å²) in [4.78, 5) is 13.5. The van der Waals surface area contributed by atoms with Gasteiger partial charge in [-0.1, -0.05) is 78.9 Å². The number of methoxy groups -OCH3 is 1. The molecule has 0 radical (unpaired) electrons. The van der Waals surface area contributed by atoms with E-state index < -0.39 is 6.29 Å². The van der Waals surface area contributed by atoms with E-state index >= 15 is 0 Å². The van der Waals surface area contributed by atoms with Crippen LogP contribution in [0.15, 0.2) is 108 Å². The molecule has 3 atom stereocenters. The molecule has 1 saturated heterocycles. The van der Waals surface area contributed by atoms with Gasteiger partial charge in [-0.2, -0.15) is 0 Å². The highest BCUT2D eigenvalue weighted by molar-refractivity contribution is 7.99. The number of anilines is 1. The van der Waals surface area contributed by atoms with Gasteiger partial charge in [0, 0.05) is 34.9 Å². The maximum absolute atomic E-state index is 12.4. The molecule has 8 heteroatoms. The molecular weight excluding hydrogens is 536 g/mol. The minimum absolute atomic E-state index is 0.000373. The molecule has 0 saturated carbocycles. The predicted molar refractivity (Wildman–Crippen MR) is 161 cm³/mol. The number of ether oxygens (including phenoxy) is 3. The Balaban J connectivity index is 1.26. The quantitative estimate of drug-likeness (QED) is 0.181. The van der Waals surface area contributed by atoms with Crippen LogP contribution in [0.2, 0.25) is 0 Å². The van der Waals surface area contributed by atoms with Crippen molar-refractivity contribution in [3.63, 3.8) is 0 Å². The molecule has 4 aromatic rings. The zero-order valence-electron chi connectivity index (χ0n) is 22.9. The molecule has 4 aromatic carbocycles. The molecule has 3 N–H and O–H groups in total. The van der Waals surface area contributed by atoms with Crippen LogP contribution < -0.4 is 15.4 Å². The standard InChI is InChI=1S/C33H34N2O5S/c1-38-29-9-5-6-10-31(29)41-22-28-19-30(25-13-11-24(21-36)12-14-25)40-32(39-28)26-15-17-27(18-16-26)35-33(37)34-20-23-7-3-2-4-8-23/h2-18,28,30,32,36H,19-22H2,1H3,(H2,34,35,37). The maximum atomic E-state index is 12.4. The van der Waals surface area contributed by atoms with Crippen LogP contribution in [0.4, 0.5) is 10.5 Å². The lowest BCUT2D eigenvalue weighted by Gasteiger charge is -2.36. The third kappa shape index (κ3) is 7.89. The van der Waals surface area contributed by atoms with Crippen LogP contribution in [0, 0.1) is 0 Å². The van der Waals surface area contributed by atoms with Gasteiger partial charge in [0.2, 0.25) is 0 Å². The number of urea groups is 1. The number of hydrogen-bond donors (Lipinski definition) is 3. The van der Waals surface area contributed by atoms with E-state index in [2.05, 4.69) is 10.6 Å². The number of para-hydroxylation sites is 1. The molecule has 1 heterocycles. The van der Waals surface area contributed by atoms with Gasteiger partial charge < -0.3 is 30.0 Å². The van der Waals surface area contributed by atoms with Crippen molar-refractivity contribution in [1.82, 2.24) is 5.32 Å². The third-order valence-corrected chi connectivity index (χ3v) is 8.03. The zero-order valence-corrected chi connectivity index (χ0v) is 23.7. The van der Waals surface area contributed by atoms with Crippen molar-refractivity contribution in [3.05, 3.63) is 125 Å². The van der Waals surface area contributed by atoms with Crippen molar-refractivity contribution in [2.45, 2.75) is 43.0 Å². The van der Waals surface area contributed by atoms with Crippen LogP contribution in [-0.4, -0.2) is 30.1 Å². The third-order valence-electron chi connectivity index (χ3n) is 6.85. The smallest absolute Gasteiger partial charge is 0.319 e. The summed E-state index contributed by atoms with van der Waals surface area (Å²) in [5.41, 5.74) is 4.47. The molecule has 1 aliphatic rings. The number of carbonyl (C=O) groups excluding carboxylic acids is 1. The lowest BCUT2D eigenvalue weighted by atomic mass is 10.0. The van der Waals surface area contributed by atoms with E-state index in [4.69, 9.17) is 14.2 Å². The fourth-order valence-corrected chi connectivity index (χ4v) is 5.67. The molecule has 3 unspecified atom stereocenters. The number of thioether (sulfide) groups is 1. The summed E-state index contributed by atoms with van der Waals surface area (Å²) in [7, 11) is 1.68. The van der Waals surface area contributed by atoms with Crippen LogP contribution in [0.25, 0.3) is 0 Å². The van der Waals surface area contributed by atoms with Crippen LogP contribution in [-0.2, 0) is 22.6 Å². The van der Waals surface area contributed by atoms with E-state index in [-0.39, 0.29) is 24.8 Å². The zero-order chi connectivity index (χ0) is 28.4. The van der Waals surface area contributed by atoms with E-state index in [1.165, 1.54) is 0 Å². The molecule has 0 aromatic heterocycles. The Morgan fingerprint density at radius 3 is 2.32 bits per heavy atom. The number of benzene rings is 4. The Morgan fingerprint density at radius 2 is 1.59 bits per heavy atom. The Hall–Kier alpha value is -3.82. The van der Waals surface area contributed by atoms with Gasteiger partial charge in [0.1, 0.15) is 5.75 Å². The average molecular weight is 571 g/mol. The van der Waals surface area contributed by atoms with Crippen molar-refractivity contribution in [2.75, 3.05) is 18.2 Å². The topological polar surface area (TPSA) is 89.0 Å². The second kappa shape index (κ2) is 14.2. The van der Waals surface area contributed by atoms with E-state index in [9.17, 15) is 9.90 Å². The molecule has 5 rings (SSSR count). The highest BCUT2D eigenvalue weighted by Crippen LogP contribution is 2.40. The van der Waals surface area contributed by atoms with E-state index in [1.54, 1.807) is 18.9 Å². The minimum Gasteiger partial charge on any atom is -0.496 e. The van der Waals surface area contributed by atoms with Gasteiger partial charge in [-0.25, -0.2) is 4.79 Å². The van der Waals surface area contributed by atoms with Crippen molar-refractivity contribution >= 4 is 23.5 Å². The van der Waals surface area contributed by atoms with Crippen molar-refractivity contribution in [1.29, 1.82) is 0 Å². The summed E-state index contributed by atoms with van der Waals surface area (Å²) < 4.78 is 18.4. The van der Waals surface area contributed by atoms with Crippen molar-refractivity contribution < 1.29 is 24.1 Å². The number of rotatable bonds is 10. The van der Waals surface area contributed by atoms with Gasteiger partial charge in [0.25, 0.3) is 0 Å². The average Bonchev–Trinajstić information content (AvgIpc) is 3.03. The Morgan fingerprint density at radius 1 is 0.878 bits per heavy atom. The molecule has 0 spiro atoms. The number of amides is 2. The SMILES string of the molecule is COc1ccccc1SCC1CC(c2ccc(CO)cc2)OC(c2ccc(NC(=O)NCc3ccccc3)cc2)O1. The molecule has 1 fully saturated rings. The van der Waals surface area contributed by atoms with Crippen molar-refractivity contribution in [3.8, 4) is 5.75 Å². The molecule has 2 amide bonds. The first-order valence-corrected chi connectivity index (χ1v) is 14.5. The minimum atomic E-state index is -0.574. The largest absolute Gasteiger partial charge is 0.496 e. The van der Waals surface area contributed by atoms with E-state index in [0.29, 0.717) is 18.7 Å². The molecule has 7 nitrogen and oxygen atoms in total. The molecule has 1 aliphatic heterocycles. The van der Waals surface area contributed by atoms with Crippen LogP contribution in [0.3, 0.4) is 0 Å². The second-order valence-electron chi connectivity index (χ2n) is 9.73. The molecule has 0 bridgehead atoms. The fraction of sp³-hybridized carbons (Fsp3) is 0.242. The number of aliphatic hydroxyl groups is 1. The lowest BCUT2D eigenvalue weighted by Crippen LogP contribution is -2.31. The summed E-state index contributed by atoms with van der Waals surface area (Å²) in [6.45, 7) is 0.448. The predicted octanol–water partition coefficient (Wildman–Crippen LogP) is 6.85. The van der Waals surface area contributed by atoms with Gasteiger partial charge >= 0.3 is 6.03 Å². The summed E-state index contributed by atoms with van der Waals surface area (Å²) in [6.07, 6.45) is -0.132. The second-order valence-corrected chi connectivity index (χ2v) is 10.8. The highest BCUT2D eigenvalue weighted by atomic mass is 32.2. The van der Waals surface area contributed by atoms with Gasteiger partial charge in [-0.15, -0.1) is 11.8 Å². The van der Waals surface area contributed by atoms with E-state index in [0.717, 1.165) is 38.7 Å². The van der Waals surface area contributed by atoms with Crippen LogP contribution in [0.5, 0.6) is 5.75 Å². The Labute approximate surface area is 244 Å². The molecule has 212 valence electrons. The lowest BCUT2D eigenvalue weighted by molar-refractivity contribution is -0.245. The molecular formula is C33H34N2O5S. The fourth-order valence-electron chi connectivity index (χ4n) is 4.62.